The number of rotatable bonds is 3. The monoisotopic (exact) mass is 657 g/mol. The number of para-hydroxylation sites is 1. The lowest BCUT2D eigenvalue weighted by molar-refractivity contribution is 0.585. The van der Waals surface area contributed by atoms with Gasteiger partial charge in [0.05, 0.1) is 26.9 Å². The Hall–Kier alpha value is -5.84. The van der Waals surface area contributed by atoms with Crippen molar-refractivity contribution in [2.75, 3.05) is 0 Å². The number of fused-ring (bicyclic) bond motifs is 13. The van der Waals surface area contributed by atoms with Crippen LogP contribution in [0.15, 0.2) is 146 Å². The second kappa shape index (κ2) is 10.3. The summed E-state index contributed by atoms with van der Waals surface area (Å²) < 4.78 is 5.20. The van der Waals surface area contributed by atoms with Gasteiger partial charge in [-0.25, -0.2) is 9.97 Å². The molecule has 0 fully saturated rings. The smallest absolute Gasteiger partial charge is 0.160 e. The van der Waals surface area contributed by atoms with E-state index in [2.05, 4.69) is 151 Å². The summed E-state index contributed by atoms with van der Waals surface area (Å²) in [6.45, 7) is 2.30. The van der Waals surface area contributed by atoms with Gasteiger partial charge in [-0.1, -0.05) is 122 Å². The highest BCUT2D eigenvalue weighted by Gasteiger charge is 2.31. The Bertz CT molecular complexity index is 2940. The molecule has 3 heterocycles. The Morgan fingerprint density at radius 1 is 0.720 bits per heavy atom. The average Bonchev–Trinajstić information content (AvgIpc) is 3.85. The fraction of sp³-hybridized carbons (Fsp3) is 0.0870. The number of thiophene rings is 1. The van der Waals surface area contributed by atoms with E-state index in [0.29, 0.717) is 0 Å². The molecule has 0 saturated carbocycles. The fourth-order valence-electron chi connectivity index (χ4n) is 8.66. The van der Waals surface area contributed by atoms with Crippen molar-refractivity contribution >= 4 is 64.2 Å². The van der Waals surface area contributed by atoms with E-state index in [1.54, 1.807) is 0 Å². The summed E-state index contributed by atoms with van der Waals surface area (Å²) in [6, 6.07) is 44.1. The van der Waals surface area contributed by atoms with Crippen LogP contribution in [0.25, 0.3) is 81.1 Å². The van der Waals surface area contributed by atoms with Gasteiger partial charge in [0.25, 0.3) is 0 Å². The summed E-state index contributed by atoms with van der Waals surface area (Å²) in [6.07, 6.45) is 10.7. The van der Waals surface area contributed by atoms with E-state index < -0.39 is 0 Å². The molecule has 0 amide bonds. The summed E-state index contributed by atoms with van der Waals surface area (Å²) in [5, 5.41) is 6.48. The van der Waals surface area contributed by atoms with Crippen LogP contribution < -0.4 is 0 Å². The zero-order valence-corrected chi connectivity index (χ0v) is 28.3. The standard InChI is InChI=1S/C46H31N3S/c1-46(24-12-3-13-25-46)44-34-27-30(22-23-36(34)47-45(48-44)28-14-4-2-5-15-28)49-37-20-10-8-18-32(37)40-35-26-29-16-6-7-17-31(29)39(35)41-33-19-9-11-21-38(33)50-43(41)42(40)49/h2-24,27H,25-26H2,1H3. The van der Waals surface area contributed by atoms with Gasteiger partial charge in [0.1, 0.15) is 0 Å². The van der Waals surface area contributed by atoms with E-state index in [1.807, 2.05) is 17.4 Å². The number of hydrogen-bond donors (Lipinski definition) is 0. The molecule has 2 aliphatic rings. The highest BCUT2D eigenvalue weighted by Crippen LogP contribution is 2.53. The van der Waals surface area contributed by atoms with Gasteiger partial charge in [0, 0.05) is 48.3 Å². The van der Waals surface area contributed by atoms with Gasteiger partial charge in [-0.05, 0) is 65.4 Å². The minimum absolute atomic E-state index is 0.260. The number of benzene rings is 6. The van der Waals surface area contributed by atoms with Crippen LogP contribution in [0, 0.1) is 0 Å². The van der Waals surface area contributed by atoms with E-state index in [9.17, 15) is 0 Å². The first-order chi connectivity index (χ1) is 24.7. The quantitative estimate of drug-likeness (QED) is 0.189. The van der Waals surface area contributed by atoms with Gasteiger partial charge in [-0.15, -0.1) is 11.3 Å². The first-order valence-corrected chi connectivity index (χ1v) is 18.2. The Labute approximate surface area is 293 Å². The molecule has 1 atom stereocenters. The van der Waals surface area contributed by atoms with Crippen LogP contribution in [-0.2, 0) is 11.8 Å². The third kappa shape index (κ3) is 3.85. The van der Waals surface area contributed by atoms with Crippen LogP contribution >= 0.6 is 11.3 Å². The minimum Gasteiger partial charge on any atom is -0.308 e. The molecule has 2 aliphatic carbocycles. The van der Waals surface area contributed by atoms with Crippen LogP contribution in [0.5, 0.6) is 0 Å². The molecule has 0 radical (unpaired) electrons. The molecule has 0 saturated heterocycles. The first-order valence-electron chi connectivity index (χ1n) is 17.4. The molecule has 0 aliphatic heterocycles. The molecule has 6 aromatic carbocycles. The Morgan fingerprint density at radius 2 is 1.52 bits per heavy atom. The lowest BCUT2D eigenvalue weighted by atomic mass is 9.79. The van der Waals surface area contributed by atoms with Crippen LogP contribution in [-0.4, -0.2) is 14.5 Å². The van der Waals surface area contributed by atoms with Crippen molar-refractivity contribution < 1.29 is 0 Å². The van der Waals surface area contributed by atoms with Gasteiger partial charge in [0.2, 0.25) is 0 Å². The minimum atomic E-state index is -0.260. The van der Waals surface area contributed by atoms with E-state index >= 15 is 0 Å². The number of aromatic nitrogens is 3. The molecule has 0 N–H and O–H groups in total. The van der Waals surface area contributed by atoms with Gasteiger partial charge < -0.3 is 4.57 Å². The van der Waals surface area contributed by atoms with Crippen LogP contribution in [0.2, 0.25) is 0 Å². The van der Waals surface area contributed by atoms with Crippen molar-refractivity contribution in [2.45, 2.75) is 25.2 Å². The lowest BCUT2D eigenvalue weighted by Gasteiger charge is -2.28. The van der Waals surface area contributed by atoms with Gasteiger partial charge in [0.15, 0.2) is 5.82 Å². The first kappa shape index (κ1) is 28.0. The third-order valence-electron chi connectivity index (χ3n) is 11.0. The molecule has 3 aromatic heterocycles. The van der Waals surface area contributed by atoms with Crippen molar-refractivity contribution in [1.82, 2.24) is 14.5 Å². The molecule has 1 unspecified atom stereocenters. The summed E-state index contributed by atoms with van der Waals surface area (Å²) >= 11 is 1.92. The molecule has 3 nitrogen and oxygen atoms in total. The molecule has 11 rings (SSSR count). The summed E-state index contributed by atoms with van der Waals surface area (Å²) in [5.41, 5.74) is 12.1. The van der Waals surface area contributed by atoms with Crippen molar-refractivity contribution in [3.63, 3.8) is 0 Å². The predicted octanol–water partition coefficient (Wildman–Crippen LogP) is 12.1. The summed E-state index contributed by atoms with van der Waals surface area (Å²) in [7, 11) is 0. The number of nitrogens with zero attached hydrogens (tertiary/aromatic N) is 3. The molecule has 0 spiro atoms. The van der Waals surface area contributed by atoms with E-state index in [0.717, 1.165) is 46.5 Å². The second-order valence-corrected chi connectivity index (χ2v) is 15.0. The molecule has 0 bridgehead atoms. The summed E-state index contributed by atoms with van der Waals surface area (Å²) in [4.78, 5) is 10.5. The maximum Gasteiger partial charge on any atom is 0.160 e. The highest BCUT2D eigenvalue weighted by molar-refractivity contribution is 7.26. The van der Waals surface area contributed by atoms with Crippen LogP contribution in [0.1, 0.15) is 30.2 Å². The van der Waals surface area contributed by atoms with Crippen molar-refractivity contribution in [3.8, 4) is 28.2 Å². The molecule has 4 heteroatoms. The molecular formula is C46H31N3S. The Kier molecular flexibility index (Phi) is 5.80. The lowest BCUT2D eigenvalue weighted by Crippen LogP contribution is -2.22. The van der Waals surface area contributed by atoms with Crippen LogP contribution in [0.3, 0.4) is 0 Å². The zero-order valence-electron chi connectivity index (χ0n) is 27.5. The van der Waals surface area contributed by atoms with E-state index in [-0.39, 0.29) is 5.41 Å². The second-order valence-electron chi connectivity index (χ2n) is 13.9. The SMILES string of the molecule is CC1(c2nc(-c3ccccc3)nc3ccc(-n4c5ccccc5c5c6c(c7c8ccccc8sc7c54)-c4ccccc4C6)cc23)C=CC=CC1. The predicted molar refractivity (Wildman–Crippen MR) is 211 cm³/mol. The van der Waals surface area contributed by atoms with Crippen molar-refractivity contribution in [2.24, 2.45) is 0 Å². The number of hydrogen-bond acceptors (Lipinski definition) is 3. The maximum atomic E-state index is 5.36. The third-order valence-corrected chi connectivity index (χ3v) is 12.1. The average molecular weight is 658 g/mol. The zero-order chi connectivity index (χ0) is 33.0. The molecule has 9 aromatic rings. The van der Waals surface area contributed by atoms with Crippen molar-refractivity contribution in [1.29, 1.82) is 0 Å². The molecule has 236 valence electrons. The maximum absolute atomic E-state index is 5.36. The molecule has 50 heavy (non-hydrogen) atoms. The Morgan fingerprint density at radius 3 is 2.40 bits per heavy atom. The highest BCUT2D eigenvalue weighted by atomic mass is 32.1. The van der Waals surface area contributed by atoms with Gasteiger partial charge in [-0.3, -0.25) is 0 Å². The normalized spacial score (nSPS) is 16.7. The van der Waals surface area contributed by atoms with E-state index in [1.165, 1.54) is 64.2 Å². The van der Waals surface area contributed by atoms with E-state index in [4.69, 9.17) is 9.97 Å². The number of allylic oxidation sites excluding steroid dienone is 4. The largest absolute Gasteiger partial charge is 0.308 e. The summed E-state index contributed by atoms with van der Waals surface area (Å²) in [5.74, 6) is 0.768. The van der Waals surface area contributed by atoms with Gasteiger partial charge >= 0.3 is 0 Å². The van der Waals surface area contributed by atoms with Crippen LogP contribution in [0.4, 0.5) is 0 Å². The Balaban J connectivity index is 1.27. The fourth-order valence-corrected chi connectivity index (χ4v) is 9.91. The topological polar surface area (TPSA) is 30.7 Å². The van der Waals surface area contributed by atoms with Crippen molar-refractivity contribution in [3.05, 3.63) is 162 Å². The molecular weight excluding hydrogens is 627 g/mol. The van der Waals surface area contributed by atoms with Gasteiger partial charge in [-0.2, -0.15) is 0 Å².